The highest BCUT2D eigenvalue weighted by molar-refractivity contribution is 5.94. The molecule has 6 heteroatoms. The molecule has 1 amide bonds. The minimum absolute atomic E-state index is 0.243. The Bertz CT molecular complexity index is 1150. The van der Waals surface area contributed by atoms with Crippen molar-refractivity contribution < 1.29 is 9.18 Å². The summed E-state index contributed by atoms with van der Waals surface area (Å²) in [6.07, 6.45) is 0. The molecule has 4 rings (SSSR count). The van der Waals surface area contributed by atoms with E-state index in [-0.39, 0.29) is 11.7 Å². The van der Waals surface area contributed by atoms with Gasteiger partial charge in [0, 0.05) is 23.7 Å². The van der Waals surface area contributed by atoms with E-state index >= 15 is 0 Å². The number of fused-ring (bicyclic) bond motifs is 1. The predicted molar refractivity (Wildman–Crippen MR) is 111 cm³/mol. The summed E-state index contributed by atoms with van der Waals surface area (Å²) in [6, 6.07) is 19.4. The minimum atomic E-state index is -0.320. The van der Waals surface area contributed by atoms with Crippen molar-refractivity contribution in [3.05, 3.63) is 78.2 Å². The Kier molecular flexibility index (Phi) is 5.08. The Hall–Kier alpha value is -3.54. The highest BCUT2D eigenvalue weighted by Crippen LogP contribution is 2.25. The molecule has 1 N–H and O–H groups in total. The molecule has 146 valence electrons. The van der Waals surface area contributed by atoms with Crippen molar-refractivity contribution in [2.75, 3.05) is 6.54 Å². The second-order valence-corrected chi connectivity index (χ2v) is 7.30. The summed E-state index contributed by atoms with van der Waals surface area (Å²) in [5, 5.41) is 7.58. The van der Waals surface area contributed by atoms with E-state index in [0.717, 1.165) is 16.8 Å². The van der Waals surface area contributed by atoms with Crippen molar-refractivity contribution in [1.82, 2.24) is 19.9 Å². The van der Waals surface area contributed by atoms with Crippen LogP contribution < -0.4 is 5.32 Å². The first-order valence-corrected chi connectivity index (χ1v) is 9.51. The quantitative estimate of drug-likeness (QED) is 0.544. The molecule has 5 nitrogen and oxygen atoms in total. The number of nitrogens with zero attached hydrogens (tertiary/aromatic N) is 3. The molecule has 2 aromatic heterocycles. The molecule has 0 spiro atoms. The topological polar surface area (TPSA) is 59.3 Å². The van der Waals surface area contributed by atoms with Crippen LogP contribution in [0.15, 0.2) is 66.7 Å². The molecule has 0 aliphatic heterocycles. The van der Waals surface area contributed by atoms with Gasteiger partial charge in [0.15, 0.2) is 5.65 Å². The zero-order valence-corrected chi connectivity index (χ0v) is 16.3. The summed E-state index contributed by atoms with van der Waals surface area (Å²) in [7, 11) is 0. The van der Waals surface area contributed by atoms with Crippen LogP contribution in [0, 0.1) is 11.7 Å². The van der Waals surface area contributed by atoms with Crippen molar-refractivity contribution in [3.8, 4) is 22.5 Å². The van der Waals surface area contributed by atoms with Gasteiger partial charge in [-0.2, -0.15) is 5.10 Å². The van der Waals surface area contributed by atoms with E-state index in [4.69, 9.17) is 0 Å². The van der Waals surface area contributed by atoms with Crippen LogP contribution in [0.25, 0.3) is 28.2 Å². The molecular formula is C23H21FN4O. The number of nitrogens with one attached hydrogen (secondary N) is 1. The SMILES string of the molecule is CC(C)CNC(=O)c1cc(-c2ccc(F)cc2)n2nc(-c3ccccc3)cc2n1. The Balaban J connectivity index is 1.86. The largest absolute Gasteiger partial charge is 0.350 e. The lowest BCUT2D eigenvalue weighted by atomic mass is 10.1. The summed E-state index contributed by atoms with van der Waals surface area (Å²) in [5.41, 5.74) is 3.98. The van der Waals surface area contributed by atoms with Crippen molar-refractivity contribution >= 4 is 11.6 Å². The third kappa shape index (κ3) is 4.01. The second kappa shape index (κ2) is 7.83. The smallest absolute Gasteiger partial charge is 0.270 e. The van der Waals surface area contributed by atoms with E-state index in [1.807, 2.05) is 50.2 Å². The Labute approximate surface area is 168 Å². The molecule has 0 unspecified atom stereocenters. The number of carbonyl (C=O) groups is 1. The highest BCUT2D eigenvalue weighted by Gasteiger charge is 2.16. The Morgan fingerprint density at radius 2 is 1.76 bits per heavy atom. The molecule has 4 aromatic rings. The number of benzene rings is 2. The van der Waals surface area contributed by atoms with Crippen LogP contribution in [0.2, 0.25) is 0 Å². The van der Waals surface area contributed by atoms with Crippen LogP contribution in [0.3, 0.4) is 0 Å². The third-order valence-electron chi connectivity index (χ3n) is 4.54. The van der Waals surface area contributed by atoms with Gasteiger partial charge in [-0.15, -0.1) is 0 Å². The van der Waals surface area contributed by atoms with Gasteiger partial charge in [-0.25, -0.2) is 13.9 Å². The van der Waals surface area contributed by atoms with Crippen LogP contribution in [-0.2, 0) is 0 Å². The molecule has 29 heavy (non-hydrogen) atoms. The normalized spacial score (nSPS) is 11.2. The molecular weight excluding hydrogens is 367 g/mol. The van der Waals surface area contributed by atoms with E-state index in [0.29, 0.717) is 29.5 Å². The van der Waals surface area contributed by atoms with Crippen molar-refractivity contribution in [3.63, 3.8) is 0 Å². The average molecular weight is 388 g/mol. The minimum Gasteiger partial charge on any atom is -0.350 e. The summed E-state index contributed by atoms with van der Waals surface area (Å²) < 4.78 is 15.1. The van der Waals surface area contributed by atoms with Crippen LogP contribution in [0.1, 0.15) is 24.3 Å². The van der Waals surface area contributed by atoms with Crippen LogP contribution in [0.4, 0.5) is 4.39 Å². The van der Waals surface area contributed by atoms with Gasteiger partial charge in [-0.1, -0.05) is 44.2 Å². The number of halogens is 1. The van der Waals surface area contributed by atoms with Crippen LogP contribution in [0.5, 0.6) is 0 Å². The number of hydrogen-bond acceptors (Lipinski definition) is 3. The zero-order valence-electron chi connectivity index (χ0n) is 16.3. The molecule has 0 aliphatic carbocycles. The van der Waals surface area contributed by atoms with E-state index in [1.54, 1.807) is 22.7 Å². The molecule has 2 heterocycles. The third-order valence-corrected chi connectivity index (χ3v) is 4.54. The van der Waals surface area contributed by atoms with Gasteiger partial charge >= 0.3 is 0 Å². The first kappa shape index (κ1) is 18.8. The monoisotopic (exact) mass is 388 g/mol. The van der Waals surface area contributed by atoms with Crippen molar-refractivity contribution in [1.29, 1.82) is 0 Å². The first-order valence-electron chi connectivity index (χ1n) is 9.51. The Morgan fingerprint density at radius 3 is 2.45 bits per heavy atom. The highest BCUT2D eigenvalue weighted by atomic mass is 19.1. The lowest BCUT2D eigenvalue weighted by molar-refractivity contribution is 0.0944. The van der Waals surface area contributed by atoms with Gasteiger partial charge in [-0.05, 0) is 36.2 Å². The molecule has 0 aliphatic rings. The first-order chi connectivity index (χ1) is 14.0. The van der Waals surface area contributed by atoms with Crippen LogP contribution in [-0.4, -0.2) is 27.0 Å². The number of hydrogen-bond donors (Lipinski definition) is 1. The summed E-state index contributed by atoms with van der Waals surface area (Å²) in [4.78, 5) is 17.2. The fraction of sp³-hybridized carbons (Fsp3) is 0.174. The van der Waals surface area contributed by atoms with Gasteiger partial charge in [0.2, 0.25) is 0 Å². The summed E-state index contributed by atoms with van der Waals surface area (Å²) >= 11 is 0. The van der Waals surface area contributed by atoms with Gasteiger partial charge in [0.05, 0.1) is 11.4 Å². The number of carbonyl (C=O) groups excluding carboxylic acids is 1. The molecule has 0 saturated heterocycles. The van der Waals surface area contributed by atoms with E-state index in [2.05, 4.69) is 15.4 Å². The average Bonchev–Trinajstić information content (AvgIpc) is 3.17. The number of aromatic nitrogens is 3. The fourth-order valence-electron chi connectivity index (χ4n) is 3.05. The lowest BCUT2D eigenvalue weighted by Gasteiger charge is -2.10. The Morgan fingerprint density at radius 1 is 1.03 bits per heavy atom. The maximum Gasteiger partial charge on any atom is 0.270 e. The molecule has 2 aromatic carbocycles. The van der Waals surface area contributed by atoms with E-state index < -0.39 is 0 Å². The predicted octanol–water partition coefficient (Wildman–Crippen LogP) is 4.59. The van der Waals surface area contributed by atoms with Gasteiger partial charge in [-0.3, -0.25) is 4.79 Å². The number of amides is 1. The van der Waals surface area contributed by atoms with Crippen molar-refractivity contribution in [2.45, 2.75) is 13.8 Å². The summed E-state index contributed by atoms with van der Waals surface area (Å²) in [6.45, 7) is 4.63. The van der Waals surface area contributed by atoms with Gasteiger partial charge < -0.3 is 5.32 Å². The van der Waals surface area contributed by atoms with Gasteiger partial charge in [0.25, 0.3) is 5.91 Å². The molecule has 0 fully saturated rings. The summed E-state index contributed by atoms with van der Waals surface area (Å²) in [5.74, 6) is -0.231. The molecule has 0 atom stereocenters. The molecule has 0 bridgehead atoms. The van der Waals surface area contributed by atoms with Crippen LogP contribution >= 0.6 is 0 Å². The maximum atomic E-state index is 13.4. The molecule has 0 saturated carbocycles. The van der Waals surface area contributed by atoms with Gasteiger partial charge in [0.1, 0.15) is 11.5 Å². The van der Waals surface area contributed by atoms with E-state index in [9.17, 15) is 9.18 Å². The number of rotatable bonds is 5. The fourth-order valence-corrected chi connectivity index (χ4v) is 3.05. The molecule has 0 radical (unpaired) electrons. The maximum absolute atomic E-state index is 13.4. The van der Waals surface area contributed by atoms with E-state index in [1.165, 1.54) is 12.1 Å². The standard InChI is InChI=1S/C23H21FN4O/c1-15(2)14-25-23(29)20-12-21(17-8-10-18(24)11-9-17)28-22(26-20)13-19(27-28)16-6-4-3-5-7-16/h3-13,15H,14H2,1-2H3,(H,25,29). The lowest BCUT2D eigenvalue weighted by Crippen LogP contribution is -2.28. The van der Waals surface area contributed by atoms with Crippen molar-refractivity contribution in [2.24, 2.45) is 5.92 Å². The zero-order chi connectivity index (χ0) is 20.4. The second-order valence-electron chi connectivity index (χ2n) is 7.30.